The molecule has 1 aromatic rings. The number of benzene rings is 1. The van der Waals surface area contributed by atoms with Gasteiger partial charge < -0.3 is 16.3 Å². The van der Waals surface area contributed by atoms with E-state index in [0.717, 1.165) is 0 Å². The summed E-state index contributed by atoms with van der Waals surface area (Å²) >= 11 is 3.04. The van der Waals surface area contributed by atoms with Crippen LogP contribution in [0.15, 0.2) is 21.8 Å². The van der Waals surface area contributed by atoms with E-state index in [-0.39, 0.29) is 12.3 Å². The number of carbonyl (C=O) groups excluding carboxylic acids is 1. The van der Waals surface area contributed by atoms with Crippen molar-refractivity contribution in [3.8, 4) is 0 Å². The second-order valence-electron chi connectivity index (χ2n) is 3.40. The van der Waals surface area contributed by atoms with Crippen molar-refractivity contribution in [1.82, 2.24) is 0 Å². The zero-order valence-corrected chi connectivity index (χ0v) is 10.6. The molecule has 0 aliphatic rings. The smallest absolute Gasteiger partial charge is 0.232 e. The van der Waals surface area contributed by atoms with Gasteiger partial charge in [0, 0.05) is 5.69 Å². The number of hydrogen-bond acceptors (Lipinski definition) is 3. The van der Waals surface area contributed by atoms with E-state index in [4.69, 9.17) is 10.9 Å². The van der Waals surface area contributed by atoms with Gasteiger partial charge >= 0.3 is 0 Å². The molecule has 0 radical (unpaired) electrons. The third-order valence-electron chi connectivity index (χ3n) is 2.01. The molecule has 0 aliphatic carbocycles. The summed E-state index contributed by atoms with van der Waals surface area (Å²) in [6.07, 6.45) is -0.256. The molecule has 0 saturated heterocycles. The van der Waals surface area contributed by atoms with Crippen LogP contribution >= 0.6 is 15.9 Å². The van der Waals surface area contributed by atoms with E-state index in [1.54, 1.807) is 13.0 Å². The van der Waals surface area contributed by atoms with Crippen LogP contribution in [-0.2, 0) is 4.79 Å². The van der Waals surface area contributed by atoms with Crippen molar-refractivity contribution in [2.75, 3.05) is 5.32 Å². The van der Waals surface area contributed by atoms with E-state index in [0.29, 0.717) is 15.7 Å². The molecule has 0 heterocycles. The number of anilines is 1. The van der Waals surface area contributed by atoms with Crippen molar-refractivity contribution < 1.29 is 14.4 Å². The van der Waals surface area contributed by atoms with Gasteiger partial charge in [-0.1, -0.05) is 5.16 Å². The molecule has 1 aromatic carbocycles. The van der Waals surface area contributed by atoms with Crippen LogP contribution in [0.1, 0.15) is 12.0 Å². The second kappa shape index (κ2) is 5.62. The predicted octanol–water partition coefficient (Wildman–Crippen LogP) is 1.97. The fourth-order valence-corrected chi connectivity index (χ4v) is 1.63. The molecule has 0 aromatic heterocycles. The number of hydrogen-bond donors (Lipinski definition) is 3. The molecule has 0 atom stereocenters. The third kappa shape index (κ3) is 3.70. The lowest BCUT2D eigenvalue weighted by molar-refractivity contribution is -0.115. The molecule has 0 bridgehead atoms. The number of amides is 1. The number of aryl methyl sites for hydroxylation is 1. The Labute approximate surface area is 106 Å². The first-order valence-corrected chi connectivity index (χ1v) is 5.45. The summed E-state index contributed by atoms with van der Waals surface area (Å²) in [5.74, 6) is -1.17. The standard InChI is InChI=1S/C10H11BrFN3O2/c1-5-2-6(11)7(12)3-8(5)14-10(16)4-9(13)15-17/h2-3,17H,4H2,1H3,(H2,13,15)(H,14,16). The van der Waals surface area contributed by atoms with Crippen molar-refractivity contribution in [1.29, 1.82) is 0 Å². The highest BCUT2D eigenvalue weighted by molar-refractivity contribution is 9.10. The summed E-state index contributed by atoms with van der Waals surface area (Å²) in [5, 5.41) is 13.4. The maximum Gasteiger partial charge on any atom is 0.232 e. The third-order valence-corrected chi connectivity index (χ3v) is 2.62. The summed E-state index contributed by atoms with van der Waals surface area (Å²) in [4.78, 5) is 11.4. The van der Waals surface area contributed by atoms with E-state index in [9.17, 15) is 9.18 Å². The minimum atomic E-state index is -0.481. The summed E-state index contributed by atoms with van der Waals surface area (Å²) < 4.78 is 13.6. The van der Waals surface area contributed by atoms with Gasteiger partial charge in [0.05, 0.1) is 10.9 Å². The van der Waals surface area contributed by atoms with Crippen molar-refractivity contribution >= 4 is 33.4 Å². The highest BCUT2D eigenvalue weighted by atomic mass is 79.9. The summed E-state index contributed by atoms with van der Waals surface area (Å²) in [6.45, 7) is 1.73. The van der Waals surface area contributed by atoms with Gasteiger partial charge in [0.1, 0.15) is 11.7 Å². The molecule has 1 rings (SSSR count). The Bertz CT molecular complexity index is 477. The summed E-state index contributed by atoms with van der Waals surface area (Å²) in [6, 6.07) is 2.75. The quantitative estimate of drug-likeness (QED) is 0.345. The highest BCUT2D eigenvalue weighted by Gasteiger charge is 2.10. The number of nitrogens with two attached hydrogens (primary N) is 1. The Kier molecular flexibility index (Phi) is 4.45. The van der Waals surface area contributed by atoms with Gasteiger partial charge in [-0.3, -0.25) is 4.79 Å². The van der Waals surface area contributed by atoms with Gasteiger partial charge in [-0.05, 0) is 40.5 Å². The van der Waals surface area contributed by atoms with Gasteiger partial charge in [0.25, 0.3) is 0 Å². The monoisotopic (exact) mass is 303 g/mol. The van der Waals surface area contributed by atoms with E-state index >= 15 is 0 Å². The summed E-state index contributed by atoms with van der Waals surface area (Å²) in [5.41, 5.74) is 6.23. The Morgan fingerprint density at radius 3 is 2.88 bits per heavy atom. The molecular formula is C10H11BrFN3O2. The second-order valence-corrected chi connectivity index (χ2v) is 4.25. The maximum absolute atomic E-state index is 13.3. The minimum Gasteiger partial charge on any atom is -0.409 e. The number of rotatable bonds is 3. The number of amidine groups is 1. The zero-order chi connectivity index (χ0) is 13.0. The lowest BCUT2D eigenvalue weighted by Crippen LogP contribution is -2.22. The fraction of sp³-hybridized carbons (Fsp3) is 0.200. The molecule has 0 aliphatic heterocycles. The SMILES string of the molecule is Cc1cc(Br)c(F)cc1NC(=O)C/C(N)=N/O. The van der Waals surface area contributed by atoms with Gasteiger partial charge in [-0.2, -0.15) is 0 Å². The van der Waals surface area contributed by atoms with E-state index < -0.39 is 11.7 Å². The number of nitrogens with one attached hydrogen (secondary N) is 1. The molecule has 0 fully saturated rings. The van der Waals surface area contributed by atoms with E-state index in [2.05, 4.69) is 26.4 Å². The molecule has 0 unspecified atom stereocenters. The molecular weight excluding hydrogens is 293 g/mol. The van der Waals surface area contributed by atoms with Crippen LogP contribution in [0.3, 0.4) is 0 Å². The van der Waals surface area contributed by atoms with Crippen LogP contribution in [0.2, 0.25) is 0 Å². The van der Waals surface area contributed by atoms with Crippen LogP contribution in [0.5, 0.6) is 0 Å². The first-order chi connectivity index (χ1) is 7.93. The predicted molar refractivity (Wildman–Crippen MR) is 65.5 cm³/mol. The molecule has 0 saturated carbocycles. The first-order valence-electron chi connectivity index (χ1n) is 4.66. The van der Waals surface area contributed by atoms with Crippen molar-refractivity contribution in [3.63, 3.8) is 0 Å². The highest BCUT2D eigenvalue weighted by Crippen LogP contribution is 2.23. The molecule has 1 amide bonds. The van der Waals surface area contributed by atoms with Crippen molar-refractivity contribution in [3.05, 3.63) is 28.0 Å². The fourth-order valence-electron chi connectivity index (χ4n) is 1.18. The Hall–Kier alpha value is -1.63. The minimum absolute atomic E-state index is 0.210. The molecule has 4 N–H and O–H groups in total. The van der Waals surface area contributed by atoms with Crippen LogP contribution in [0, 0.1) is 12.7 Å². The van der Waals surface area contributed by atoms with Crippen molar-refractivity contribution in [2.24, 2.45) is 10.9 Å². The van der Waals surface area contributed by atoms with Gasteiger partial charge in [0.2, 0.25) is 5.91 Å². The van der Waals surface area contributed by atoms with Crippen LogP contribution in [0.4, 0.5) is 10.1 Å². The average molecular weight is 304 g/mol. The van der Waals surface area contributed by atoms with Crippen molar-refractivity contribution in [2.45, 2.75) is 13.3 Å². The lowest BCUT2D eigenvalue weighted by Gasteiger charge is -2.09. The number of carbonyl (C=O) groups is 1. The topological polar surface area (TPSA) is 87.7 Å². The number of oxime groups is 1. The largest absolute Gasteiger partial charge is 0.409 e. The van der Waals surface area contributed by atoms with Gasteiger partial charge in [0.15, 0.2) is 0 Å². The van der Waals surface area contributed by atoms with E-state index in [1.165, 1.54) is 6.07 Å². The van der Waals surface area contributed by atoms with Crippen LogP contribution in [-0.4, -0.2) is 17.0 Å². The number of halogens is 2. The molecule has 92 valence electrons. The normalized spacial score (nSPS) is 11.4. The Morgan fingerprint density at radius 1 is 1.65 bits per heavy atom. The number of nitrogens with zero attached hydrogens (tertiary/aromatic N) is 1. The van der Waals surface area contributed by atoms with Crippen LogP contribution in [0.25, 0.3) is 0 Å². The zero-order valence-electron chi connectivity index (χ0n) is 9.00. The maximum atomic E-state index is 13.3. The van der Waals surface area contributed by atoms with Gasteiger partial charge in [-0.15, -0.1) is 0 Å². The molecule has 0 spiro atoms. The van der Waals surface area contributed by atoms with E-state index in [1.807, 2.05) is 0 Å². The first kappa shape index (κ1) is 13.4. The molecule has 17 heavy (non-hydrogen) atoms. The Morgan fingerprint density at radius 2 is 2.29 bits per heavy atom. The summed E-state index contributed by atoms with van der Waals surface area (Å²) in [7, 11) is 0. The Balaban J connectivity index is 2.82. The molecule has 5 nitrogen and oxygen atoms in total. The average Bonchev–Trinajstić information content (AvgIpc) is 2.25. The van der Waals surface area contributed by atoms with Gasteiger partial charge in [-0.25, -0.2) is 4.39 Å². The lowest BCUT2D eigenvalue weighted by atomic mass is 10.2. The molecule has 7 heteroatoms. The van der Waals surface area contributed by atoms with Crippen LogP contribution < -0.4 is 11.1 Å².